The number of benzene rings is 2. The average Bonchev–Trinajstić information content (AvgIpc) is 3.29. The largest absolute Gasteiger partial charge is 0.494 e. The van der Waals surface area contributed by atoms with Crippen LogP contribution >= 0.6 is 22.9 Å². The van der Waals surface area contributed by atoms with Crippen LogP contribution in [0.2, 0.25) is 5.02 Å². The second-order valence-corrected chi connectivity index (χ2v) is 7.49. The highest BCUT2D eigenvalue weighted by Crippen LogP contribution is 2.29. The monoisotopic (exact) mass is 457 g/mol. The number of nitrogens with zero attached hydrogens (tertiary/aromatic N) is 1. The predicted molar refractivity (Wildman–Crippen MR) is 121 cm³/mol. The number of thiophene rings is 1. The number of anilines is 2. The Kier molecular flexibility index (Phi) is 7.01. The van der Waals surface area contributed by atoms with Gasteiger partial charge in [-0.05, 0) is 41.3 Å². The van der Waals surface area contributed by atoms with Gasteiger partial charge in [0.1, 0.15) is 10.8 Å². The van der Waals surface area contributed by atoms with E-state index in [1.807, 2.05) is 0 Å². The van der Waals surface area contributed by atoms with Crippen LogP contribution in [0, 0.1) is 10.1 Å². The second kappa shape index (κ2) is 9.88. The number of nitro benzene ring substituents is 1. The lowest BCUT2D eigenvalue weighted by Gasteiger charge is -2.11. The molecule has 158 valence electrons. The van der Waals surface area contributed by atoms with Gasteiger partial charge in [-0.25, -0.2) is 0 Å². The van der Waals surface area contributed by atoms with Gasteiger partial charge in [0.2, 0.25) is 5.91 Å². The van der Waals surface area contributed by atoms with Gasteiger partial charge in [-0.15, -0.1) is 11.3 Å². The van der Waals surface area contributed by atoms with Gasteiger partial charge in [-0.1, -0.05) is 23.7 Å². The first-order valence-corrected chi connectivity index (χ1v) is 10.1. The molecule has 0 saturated heterocycles. The number of ether oxygens (including phenoxy) is 1. The van der Waals surface area contributed by atoms with Gasteiger partial charge in [0.05, 0.1) is 22.6 Å². The molecule has 0 saturated carbocycles. The molecule has 0 aliphatic carbocycles. The number of methoxy groups -OCH3 is 1. The van der Waals surface area contributed by atoms with E-state index in [9.17, 15) is 19.7 Å². The molecule has 2 N–H and O–H groups in total. The van der Waals surface area contributed by atoms with E-state index in [2.05, 4.69) is 10.6 Å². The molecule has 31 heavy (non-hydrogen) atoms. The molecule has 0 atom stereocenters. The molecule has 0 aliphatic heterocycles. The molecule has 8 nitrogen and oxygen atoms in total. The lowest BCUT2D eigenvalue weighted by atomic mass is 10.2. The molecular formula is C21H16ClN3O5S. The molecule has 0 fully saturated rings. The van der Waals surface area contributed by atoms with E-state index in [-0.39, 0.29) is 16.6 Å². The normalized spacial score (nSPS) is 10.6. The molecule has 0 bridgehead atoms. The van der Waals surface area contributed by atoms with Crippen molar-refractivity contribution in [1.29, 1.82) is 0 Å². The van der Waals surface area contributed by atoms with Crippen molar-refractivity contribution >= 4 is 57.9 Å². The molecule has 3 rings (SSSR count). The van der Waals surface area contributed by atoms with Gasteiger partial charge in [0, 0.05) is 23.9 Å². The van der Waals surface area contributed by atoms with E-state index in [1.54, 1.807) is 41.8 Å². The van der Waals surface area contributed by atoms with Crippen LogP contribution in [0.1, 0.15) is 15.2 Å². The SMILES string of the molecule is COc1cc(NC(=O)/C=C/c2ccc(Cl)c([N+](=O)[O-])c2)ccc1NC(=O)c1cccs1. The van der Waals surface area contributed by atoms with E-state index in [0.29, 0.717) is 27.6 Å². The Labute approximate surface area is 186 Å². The maximum atomic E-state index is 12.2. The first-order chi connectivity index (χ1) is 14.9. The number of halogens is 1. The number of nitro groups is 1. The van der Waals surface area contributed by atoms with E-state index in [1.165, 1.54) is 42.7 Å². The van der Waals surface area contributed by atoms with Crippen molar-refractivity contribution in [2.24, 2.45) is 0 Å². The van der Waals surface area contributed by atoms with Crippen molar-refractivity contribution in [1.82, 2.24) is 0 Å². The van der Waals surface area contributed by atoms with E-state index >= 15 is 0 Å². The predicted octanol–water partition coefficient (Wildman–Crippen LogP) is 5.22. The van der Waals surface area contributed by atoms with E-state index in [4.69, 9.17) is 16.3 Å². The van der Waals surface area contributed by atoms with Crippen LogP contribution in [0.4, 0.5) is 17.1 Å². The smallest absolute Gasteiger partial charge is 0.288 e. The topological polar surface area (TPSA) is 111 Å². The molecule has 2 aromatic carbocycles. The molecule has 1 aromatic heterocycles. The summed E-state index contributed by atoms with van der Waals surface area (Å²) in [6.45, 7) is 0. The summed E-state index contributed by atoms with van der Waals surface area (Å²) >= 11 is 7.10. The van der Waals surface area contributed by atoms with E-state index < -0.39 is 10.8 Å². The highest BCUT2D eigenvalue weighted by Gasteiger charge is 2.13. The summed E-state index contributed by atoms with van der Waals surface area (Å²) < 4.78 is 5.30. The van der Waals surface area contributed by atoms with Crippen LogP contribution in [0.25, 0.3) is 6.08 Å². The summed E-state index contributed by atoms with van der Waals surface area (Å²) in [5, 5.41) is 18.2. The van der Waals surface area contributed by atoms with Crippen LogP contribution in [-0.2, 0) is 4.79 Å². The zero-order valence-electron chi connectivity index (χ0n) is 16.1. The fraction of sp³-hybridized carbons (Fsp3) is 0.0476. The molecule has 1 heterocycles. The Bertz CT molecular complexity index is 1160. The minimum Gasteiger partial charge on any atom is -0.494 e. The summed E-state index contributed by atoms with van der Waals surface area (Å²) in [5.41, 5.74) is 1.12. The molecule has 0 radical (unpaired) electrons. The maximum Gasteiger partial charge on any atom is 0.288 e. The van der Waals surface area contributed by atoms with Crippen LogP contribution < -0.4 is 15.4 Å². The number of carbonyl (C=O) groups is 2. The number of nitrogens with one attached hydrogen (secondary N) is 2. The van der Waals surface area contributed by atoms with Crippen molar-refractivity contribution in [3.8, 4) is 5.75 Å². The van der Waals surface area contributed by atoms with Gasteiger partial charge in [0.15, 0.2) is 0 Å². The summed E-state index contributed by atoms with van der Waals surface area (Å²) in [6, 6.07) is 12.5. The summed E-state index contributed by atoms with van der Waals surface area (Å²) in [4.78, 5) is 35.4. The third-order valence-corrected chi connectivity index (χ3v) is 5.24. The second-order valence-electron chi connectivity index (χ2n) is 6.14. The highest BCUT2D eigenvalue weighted by atomic mass is 35.5. The maximum absolute atomic E-state index is 12.2. The van der Waals surface area contributed by atoms with Crippen LogP contribution in [0.15, 0.2) is 60.0 Å². The molecular weight excluding hydrogens is 442 g/mol. The van der Waals surface area contributed by atoms with Crippen molar-refractivity contribution in [2.45, 2.75) is 0 Å². The Hall–Kier alpha value is -3.69. The standard InChI is InChI=1S/C21H16ClN3O5S/c1-30-18-12-14(6-8-16(18)24-21(27)19-3-2-10-31-19)23-20(26)9-5-13-4-7-15(22)17(11-13)25(28)29/h2-12H,1H3,(H,23,26)(H,24,27)/b9-5+. The summed E-state index contributed by atoms with van der Waals surface area (Å²) in [5.74, 6) is -0.333. The van der Waals surface area contributed by atoms with Crippen molar-refractivity contribution in [3.63, 3.8) is 0 Å². The Morgan fingerprint density at radius 3 is 2.65 bits per heavy atom. The molecule has 2 amide bonds. The number of carbonyl (C=O) groups excluding carboxylic acids is 2. The van der Waals surface area contributed by atoms with Crippen LogP contribution in [0.5, 0.6) is 5.75 Å². The first-order valence-electron chi connectivity index (χ1n) is 8.83. The van der Waals surface area contributed by atoms with Crippen molar-refractivity contribution in [3.05, 3.63) is 85.6 Å². The minimum absolute atomic E-state index is 0.0185. The van der Waals surface area contributed by atoms with Gasteiger partial charge in [-0.2, -0.15) is 0 Å². The Morgan fingerprint density at radius 1 is 1.16 bits per heavy atom. The summed E-state index contributed by atoms with van der Waals surface area (Å²) in [7, 11) is 1.45. The fourth-order valence-electron chi connectivity index (χ4n) is 2.59. The quantitative estimate of drug-likeness (QED) is 0.287. The van der Waals surface area contributed by atoms with Gasteiger partial charge < -0.3 is 15.4 Å². The number of rotatable bonds is 7. The van der Waals surface area contributed by atoms with Gasteiger partial charge in [0.25, 0.3) is 11.6 Å². The van der Waals surface area contributed by atoms with Crippen LogP contribution in [-0.4, -0.2) is 23.8 Å². The third-order valence-electron chi connectivity index (χ3n) is 4.06. The zero-order chi connectivity index (χ0) is 22.4. The fourth-order valence-corrected chi connectivity index (χ4v) is 3.40. The molecule has 3 aromatic rings. The van der Waals surface area contributed by atoms with Gasteiger partial charge >= 0.3 is 0 Å². The minimum atomic E-state index is -0.592. The summed E-state index contributed by atoms with van der Waals surface area (Å²) in [6.07, 6.45) is 2.68. The first kappa shape index (κ1) is 22.0. The van der Waals surface area contributed by atoms with Crippen LogP contribution in [0.3, 0.4) is 0 Å². The third kappa shape index (κ3) is 5.68. The number of hydrogen-bond acceptors (Lipinski definition) is 6. The Morgan fingerprint density at radius 2 is 1.97 bits per heavy atom. The zero-order valence-corrected chi connectivity index (χ0v) is 17.7. The average molecular weight is 458 g/mol. The van der Waals surface area contributed by atoms with E-state index in [0.717, 1.165) is 0 Å². The highest BCUT2D eigenvalue weighted by molar-refractivity contribution is 7.12. The van der Waals surface area contributed by atoms with Crippen molar-refractivity contribution in [2.75, 3.05) is 17.7 Å². The molecule has 0 spiro atoms. The Balaban J connectivity index is 1.69. The number of amides is 2. The molecule has 0 aliphatic rings. The van der Waals surface area contributed by atoms with Crippen molar-refractivity contribution < 1.29 is 19.2 Å². The molecule has 0 unspecified atom stereocenters. The lowest BCUT2D eigenvalue weighted by Crippen LogP contribution is -2.12. The number of hydrogen-bond donors (Lipinski definition) is 2. The lowest BCUT2D eigenvalue weighted by molar-refractivity contribution is -0.384. The molecule has 10 heteroatoms. The van der Waals surface area contributed by atoms with Gasteiger partial charge in [-0.3, -0.25) is 19.7 Å².